The van der Waals surface area contributed by atoms with E-state index in [-0.39, 0.29) is 17.4 Å². The number of nitrogens with one attached hydrogen (secondary N) is 2. The van der Waals surface area contributed by atoms with E-state index in [1.807, 2.05) is 12.4 Å². The third kappa shape index (κ3) is 5.65. The Labute approximate surface area is 224 Å². The Hall–Kier alpha value is -3.13. The number of carbonyl (C=O) groups is 1. The molecule has 6 nitrogen and oxygen atoms in total. The zero-order chi connectivity index (χ0) is 26.9. The molecule has 2 aromatic carbocycles. The van der Waals surface area contributed by atoms with Crippen LogP contribution in [0.25, 0.3) is 0 Å². The van der Waals surface area contributed by atoms with Gasteiger partial charge >= 0.3 is 0 Å². The number of likely N-dealkylation sites (tertiary alicyclic amines) is 1. The van der Waals surface area contributed by atoms with Gasteiger partial charge in [-0.05, 0) is 63.3 Å². The van der Waals surface area contributed by atoms with Gasteiger partial charge in [-0.3, -0.25) is 9.69 Å². The first-order chi connectivity index (χ1) is 18.2. The van der Waals surface area contributed by atoms with Gasteiger partial charge in [-0.25, -0.2) is 8.78 Å². The molecule has 204 valence electrons. The van der Waals surface area contributed by atoms with E-state index in [2.05, 4.69) is 70.4 Å². The van der Waals surface area contributed by atoms with Crippen LogP contribution in [0.15, 0.2) is 54.9 Å². The Morgan fingerprint density at radius 2 is 1.82 bits per heavy atom. The molecule has 3 aliphatic rings. The number of anilines is 1. The van der Waals surface area contributed by atoms with E-state index in [9.17, 15) is 13.6 Å². The number of hydrogen-bond acceptors (Lipinski definition) is 5. The van der Waals surface area contributed by atoms with E-state index < -0.39 is 23.8 Å². The van der Waals surface area contributed by atoms with Crippen LogP contribution in [-0.4, -0.2) is 53.7 Å². The summed E-state index contributed by atoms with van der Waals surface area (Å²) in [4.78, 5) is 20.5. The number of rotatable bonds is 6. The van der Waals surface area contributed by atoms with Gasteiger partial charge < -0.3 is 20.4 Å². The molecule has 0 aromatic heterocycles. The first-order valence-corrected chi connectivity index (χ1v) is 13.7. The fourth-order valence-electron chi connectivity index (χ4n) is 5.94. The van der Waals surface area contributed by atoms with Crippen molar-refractivity contribution in [2.75, 3.05) is 31.1 Å². The lowest BCUT2D eigenvalue weighted by molar-refractivity contribution is -0.127. The summed E-state index contributed by atoms with van der Waals surface area (Å²) in [6.45, 7) is 10.1. The topological polar surface area (TPSA) is 50.9 Å². The predicted octanol–water partition coefficient (Wildman–Crippen LogP) is 4.75. The van der Waals surface area contributed by atoms with Gasteiger partial charge in [0, 0.05) is 68.3 Å². The fourth-order valence-corrected chi connectivity index (χ4v) is 5.94. The lowest BCUT2D eigenvalue weighted by atomic mass is 9.88. The molecule has 2 unspecified atom stereocenters. The molecule has 2 fully saturated rings. The molecule has 2 aromatic rings. The Kier molecular flexibility index (Phi) is 7.61. The summed E-state index contributed by atoms with van der Waals surface area (Å²) in [5, 5.41) is 6.43. The minimum atomic E-state index is -0.611. The molecule has 0 radical (unpaired) electrons. The van der Waals surface area contributed by atoms with Crippen LogP contribution in [0.5, 0.6) is 0 Å². The maximum absolute atomic E-state index is 14.8. The molecule has 1 amide bonds. The molecule has 0 spiro atoms. The first kappa shape index (κ1) is 26.5. The zero-order valence-electron chi connectivity index (χ0n) is 22.6. The van der Waals surface area contributed by atoms with Gasteiger partial charge in [0.05, 0.1) is 5.92 Å². The Balaban J connectivity index is 1.32. The summed E-state index contributed by atoms with van der Waals surface area (Å²) in [5.74, 6) is -2.17. The minimum Gasteiger partial charge on any atom is -0.371 e. The van der Waals surface area contributed by atoms with Crippen molar-refractivity contribution in [3.05, 3.63) is 77.6 Å². The van der Waals surface area contributed by atoms with Gasteiger partial charge in [-0.15, -0.1) is 0 Å². The van der Waals surface area contributed by atoms with Crippen molar-refractivity contribution in [2.24, 2.45) is 5.92 Å². The van der Waals surface area contributed by atoms with E-state index in [4.69, 9.17) is 0 Å². The predicted molar refractivity (Wildman–Crippen MR) is 146 cm³/mol. The smallest absolute Gasteiger partial charge is 0.228 e. The van der Waals surface area contributed by atoms with E-state index in [1.54, 1.807) is 0 Å². The summed E-state index contributed by atoms with van der Waals surface area (Å²) in [6.07, 6.45) is 7.11. The highest BCUT2D eigenvalue weighted by atomic mass is 19.1. The molecule has 0 saturated carbocycles. The fraction of sp³-hybridized carbons (Fsp3) is 0.500. The molecule has 5 rings (SSSR count). The highest BCUT2D eigenvalue weighted by Gasteiger charge is 2.43. The Morgan fingerprint density at radius 3 is 2.55 bits per heavy atom. The second-order valence-corrected chi connectivity index (χ2v) is 11.7. The third-order valence-corrected chi connectivity index (χ3v) is 8.14. The molecule has 2 N–H and O–H groups in total. The molecule has 3 heterocycles. The van der Waals surface area contributed by atoms with Crippen LogP contribution in [0, 0.1) is 17.6 Å². The number of hydrogen-bond donors (Lipinski definition) is 2. The summed E-state index contributed by atoms with van der Waals surface area (Å²) in [7, 11) is 0. The van der Waals surface area contributed by atoms with E-state index in [1.165, 1.54) is 42.6 Å². The van der Waals surface area contributed by atoms with Gasteiger partial charge in [0.2, 0.25) is 5.91 Å². The average Bonchev–Trinajstić information content (AvgIpc) is 3.52. The molecule has 3 atom stereocenters. The lowest BCUT2D eigenvalue weighted by Crippen LogP contribution is -2.52. The number of carbonyl (C=O) groups excluding carboxylic acids is 1. The second-order valence-electron chi connectivity index (χ2n) is 11.7. The molecule has 0 aliphatic carbocycles. The van der Waals surface area contributed by atoms with Crippen molar-refractivity contribution in [2.45, 2.75) is 64.3 Å². The highest BCUT2D eigenvalue weighted by molar-refractivity contribution is 5.81. The summed E-state index contributed by atoms with van der Waals surface area (Å²) in [5.41, 5.74) is 2.68. The maximum Gasteiger partial charge on any atom is 0.228 e. The highest BCUT2D eigenvalue weighted by Crippen LogP contribution is 2.38. The van der Waals surface area contributed by atoms with Crippen molar-refractivity contribution in [3.63, 3.8) is 0 Å². The quantitative estimate of drug-likeness (QED) is 0.573. The van der Waals surface area contributed by atoms with Crippen LogP contribution in [0.2, 0.25) is 0 Å². The number of benzene rings is 2. The largest absolute Gasteiger partial charge is 0.371 e. The first-order valence-electron chi connectivity index (χ1n) is 13.7. The molecular formula is C30H39F2N5O. The summed E-state index contributed by atoms with van der Waals surface area (Å²) >= 11 is 0. The number of halogens is 2. The molecule has 2 saturated heterocycles. The van der Waals surface area contributed by atoms with Gasteiger partial charge in [-0.2, -0.15) is 0 Å². The summed E-state index contributed by atoms with van der Waals surface area (Å²) < 4.78 is 28.5. The zero-order valence-corrected chi connectivity index (χ0v) is 22.6. The molecule has 38 heavy (non-hydrogen) atoms. The van der Waals surface area contributed by atoms with Crippen LogP contribution in [-0.2, 0) is 11.3 Å². The van der Waals surface area contributed by atoms with Crippen LogP contribution in [0.3, 0.4) is 0 Å². The van der Waals surface area contributed by atoms with Crippen LogP contribution in [0.4, 0.5) is 14.5 Å². The number of nitrogens with zero attached hydrogens (tertiary/aromatic N) is 3. The molecular weight excluding hydrogens is 484 g/mol. The average molecular weight is 524 g/mol. The monoisotopic (exact) mass is 523 g/mol. The van der Waals surface area contributed by atoms with Crippen molar-refractivity contribution in [3.8, 4) is 0 Å². The van der Waals surface area contributed by atoms with Crippen LogP contribution >= 0.6 is 0 Å². The van der Waals surface area contributed by atoms with Crippen molar-refractivity contribution in [1.82, 2.24) is 20.4 Å². The molecule has 8 heteroatoms. The Morgan fingerprint density at radius 1 is 1.05 bits per heavy atom. The van der Waals surface area contributed by atoms with Crippen LogP contribution in [0.1, 0.15) is 57.1 Å². The standard InChI is InChI=1S/C30H39F2N5O/c1-30(2,3)37-19-24(23-12-11-22(31)17-26(23)32)25(20-37)28(38)34-29-33-13-16-36(29)18-21-9-5-6-10-27(21)35-14-7-4-8-15-35/h5-6,9-13,16-17,24-25,29,33H,4,7-8,14-15,18-20H2,1-3H3,(H,34,38)/t24-,25?,29?/m0/s1. The number of para-hydroxylation sites is 1. The van der Waals surface area contributed by atoms with E-state index >= 15 is 0 Å². The number of piperidine rings is 1. The minimum absolute atomic E-state index is 0.138. The van der Waals surface area contributed by atoms with E-state index in [0.29, 0.717) is 25.2 Å². The lowest BCUT2D eigenvalue weighted by Gasteiger charge is -2.33. The second kappa shape index (κ2) is 10.9. The SMILES string of the molecule is CC(C)(C)N1CC(C(=O)NC2NC=CN2Cc2ccccc2N2CCCCC2)[C@H](c2ccc(F)cc2F)C1. The van der Waals surface area contributed by atoms with Crippen LogP contribution < -0.4 is 15.5 Å². The normalized spacial score (nSPS) is 24.1. The molecule has 3 aliphatic heterocycles. The number of amides is 1. The van der Waals surface area contributed by atoms with Gasteiger partial charge in [0.1, 0.15) is 11.6 Å². The van der Waals surface area contributed by atoms with Gasteiger partial charge in [-0.1, -0.05) is 24.3 Å². The van der Waals surface area contributed by atoms with Crippen molar-refractivity contribution >= 4 is 11.6 Å². The third-order valence-electron chi connectivity index (χ3n) is 8.14. The van der Waals surface area contributed by atoms with Crippen molar-refractivity contribution in [1.29, 1.82) is 0 Å². The maximum atomic E-state index is 14.8. The van der Waals surface area contributed by atoms with Crippen molar-refractivity contribution < 1.29 is 13.6 Å². The molecule has 0 bridgehead atoms. The van der Waals surface area contributed by atoms with Gasteiger partial charge in [0.25, 0.3) is 0 Å². The van der Waals surface area contributed by atoms with E-state index in [0.717, 1.165) is 19.2 Å². The Bertz CT molecular complexity index is 1170. The summed E-state index contributed by atoms with van der Waals surface area (Å²) in [6, 6.07) is 12.2. The van der Waals surface area contributed by atoms with Gasteiger partial charge in [0.15, 0.2) is 6.29 Å².